The van der Waals surface area contributed by atoms with Crippen LogP contribution in [0, 0.1) is 5.92 Å². The topological polar surface area (TPSA) is 39.7 Å². The zero-order valence-corrected chi connectivity index (χ0v) is 16.4. The fourth-order valence-corrected chi connectivity index (χ4v) is 3.65. The third kappa shape index (κ3) is 6.72. The Morgan fingerprint density at radius 2 is 1.63 bits per heavy atom. The molecular weight excluding hydrogens is 332 g/mol. The molecule has 0 bridgehead atoms. The largest absolute Gasteiger partial charge is 0.356 e. The number of nitrogens with zero attached hydrogens (tertiary/aromatic N) is 2. The van der Waals surface area contributed by atoms with Gasteiger partial charge in [-0.3, -0.25) is 4.99 Å². The van der Waals surface area contributed by atoms with Gasteiger partial charge in [-0.05, 0) is 42.9 Å². The maximum atomic E-state index is 4.36. The Balaban J connectivity index is 1.32. The standard InChI is InChI=1S/C23H32N4/c1-24-23(25-15-12-20-8-4-2-5-9-20)26-18-22-14-17-27(19-22)16-13-21-10-6-3-7-11-21/h2-11,22H,12-19H2,1H3,(H2,24,25,26). The molecule has 144 valence electrons. The lowest BCUT2D eigenvalue weighted by atomic mass is 10.1. The summed E-state index contributed by atoms with van der Waals surface area (Å²) < 4.78 is 0. The molecule has 0 radical (unpaired) electrons. The fourth-order valence-electron chi connectivity index (χ4n) is 3.65. The van der Waals surface area contributed by atoms with Gasteiger partial charge in [0.2, 0.25) is 0 Å². The van der Waals surface area contributed by atoms with Crippen LogP contribution in [-0.4, -0.2) is 50.6 Å². The molecule has 3 rings (SSSR count). The second-order valence-electron chi connectivity index (χ2n) is 7.31. The number of rotatable bonds is 8. The Kier molecular flexibility index (Phi) is 7.72. The van der Waals surface area contributed by atoms with E-state index < -0.39 is 0 Å². The highest BCUT2D eigenvalue weighted by Crippen LogP contribution is 2.16. The summed E-state index contributed by atoms with van der Waals surface area (Å²) in [7, 11) is 1.85. The molecule has 2 aromatic rings. The van der Waals surface area contributed by atoms with Crippen molar-refractivity contribution in [3.63, 3.8) is 0 Å². The molecule has 1 aliphatic heterocycles. The Morgan fingerprint density at radius 1 is 0.963 bits per heavy atom. The molecule has 1 unspecified atom stereocenters. The summed E-state index contributed by atoms with van der Waals surface area (Å²) in [5, 5.41) is 6.93. The van der Waals surface area contributed by atoms with Crippen molar-refractivity contribution in [1.82, 2.24) is 15.5 Å². The van der Waals surface area contributed by atoms with Gasteiger partial charge in [-0.1, -0.05) is 60.7 Å². The SMILES string of the molecule is CN=C(NCCc1ccccc1)NCC1CCN(CCc2ccccc2)C1. The van der Waals surface area contributed by atoms with Crippen LogP contribution in [0.1, 0.15) is 17.5 Å². The van der Waals surface area contributed by atoms with Crippen LogP contribution in [0.5, 0.6) is 0 Å². The van der Waals surface area contributed by atoms with Crippen molar-refractivity contribution in [2.24, 2.45) is 10.9 Å². The summed E-state index contributed by atoms with van der Waals surface area (Å²) in [5.74, 6) is 1.61. The van der Waals surface area contributed by atoms with E-state index in [1.54, 1.807) is 0 Å². The van der Waals surface area contributed by atoms with Crippen molar-refractivity contribution in [3.8, 4) is 0 Å². The molecule has 2 aromatic carbocycles. The lowest BCUT2D eigenvalue weighted by Crippen LogP contribution is -2.41. The van der Waals surface area contributed by atoms with E-state index in [9.17, 15) is 0 Å². The molecule has 1 aliphatic rings. The first-order chi connectivity index (χ1) is 13.3. The van der Waals surface area contributed by atoms with Crippen molar-refractivity contribution >= 4 is 5.96 Å². The molecule has 0 saturated carbocycles. The van der Waals surface area contributed by atoms with E-state index in [0.29, 0.717) is 5.92 Å². The predicted molar refractivity (Wildman–Crippen MR) is 114 cm³/mol. The number of hydrogen-bond donors (Lipinski definition) is 2. The summed E-state index contributed by atoms with van der Waals surface area (Å²) in [6.45, 7) is 5.44. The van der Waals surface area contributed by atoms with Crippen LogP contribution in [0.2, 0.25) is 0 Å². The van der Waals surface area contributed by atoms with Crippen LogP contribution in [0.15, 0.2) is 65.7 Å². The molecule has 4 heteroatoms. The van der Waals surface area contributed by atoms with Crippen molar-refractivity contribution in [3.05, 3.63) is 71.8 Å². The van der Waals surface area contributed by atoms with E-state index in [1.807, 2.05) is 7.05 Å². The summed E-state index contributed by atoms with van der Waals surface area (Å²) in [5.41, 5.74) is 2.78. The second kappa shape index (κ2) is 10.7. The van der Waals surface area contributed by atoms with Gasteiger partial charge in [0.25, 0.3) is 0 Å². The quantitative estimate of drug-likeness (QED) is 0.559. The molecule has 1 heterocycles. The molecule has 1 fully saturated rings. The summed E-state index contributed by atoms with van der Waals surface area (Å²) in [6.07, 6.45) is 3.42. The fraction of sp³-hybridized carbons (Fsp3) is 0.435. The highest BCUT2D eigenvalue weighted by molar-refractivity contribution is 5.79. The Labute approximate surface area is 163 Å². The summed E-state index contributed by atoms with van der Waals surface area (Å²) in [4.78, 5) is 6.94. The summed E-state index contributed by atoms with van der Waals surface area (Å²) in [6, 6.07) is 21.4. The molecule has 4 nitrogen and oxygen atoms in total. The minimum atomic E-state index is 0.702. The minimum Gasteiger partial charge on any atom is -0.356 e. The van der Waals surface area contributed by atoms with Gasteiger partial charge >= 0.3 is 0 Å². The van der Waals surface area contributed by atoms with Crippen molar-refractivity contribution in [2.75, 3.05) is 39.8 Å². The number of aliphatic imine (C=N–C) groups is 1. The van der Waals surface area contributed by atoms with Gasteiger partial charge in [0, 0.05) is 33.2 Å². The van der Waals surface area contributed by atoms with Crippen LogP contribution in [-0.2, 0) is 12.8 Å². The van der Waals surface area contributed by atoms with Crippen molar-refractivity contribution in [2.45, 2.75) is 19.3 Å². The highest BCUT2D eigenvalue weighted by atomic mass is 15.2. The van der Waals surface area contributed by atoms with Crippen molar-refractivity contribution < 1.29 is 0 Å². The Hall–Kier alpha value is -2.33. The van der Waals surface area contributed by atoms with E-state index in [-0.39, 0.29) is 0 Å². The molecule has 0 spiro atoms. The van der Waals surface area contributed by atoms with E-state index in [4.69, 9.17) is 0 Å². The first-order valence-corrected chi connectivity index (χ1v) is 10.1. The van der Waals surface area contributed by atoms with Crippen LogP contribution in [0.25, 0.3) is 0 Å². The molecule has 0 aromatic heterocycles. The van der Waals surface area contributed by atoms with Gasteiger partial charge in [0.15, 0.2) is 5.96 Å². The van der Waals surface area contributed by atoms with Crippen LogP contribution in [0.4, 0.5) is 0 Å². The molecule has 1 atom stereocenters. The molecular formula is C23H32N4. The normalized spacial score (nSPS) is 17.8. The van der Waals surface area contributed by atoms with Gasteiger partial charge in [-0.2, -0.15) is 0 Å². The van der Waals surface area contributed by atoms with Crippen LogP contribution >= 0.6 is 0 Å². The van der Waals surface area contributed by atoms with E-state index in [2.05, 4.69) is 81.2 Å². The molecule has 27 heavy (non-hydrogen) atoms. The molecule has 0 amide bonds. The molecule has 1 saturated heterocycles. The van der Waals surface area contributed by atoms with E-state index >= 15 is 0 Å². The zero-order valence-electron chi connectivity index (χ0n) is 16.4. The summed E-state index contributed by atoms with van der Waals surface area (Å²) >= 11 is 0. The minimum absolute atomic E-state index is 0.702. The molecule has 0 aliphatic carbocycles. The number of nitrogens with one attached hydrogen (secondary N) is 2. The van der Waals surface area contributed by atoms with Crippen LogP contribution in [0.3, 0.4) is 0 Å². The lowest BCUT2D eigenvalue weighted by molar-refractivity contribution is 0.328. The first kappa shape index (κ1) is 19.4. The maximum absolute atomic E-state index is 4.36. The first-order valence-electron chi connectivity index (χ1n) is 10.1. The Morgan fingerprint density at radius 3 is 2.30 bits per heavy atom. The highest BCUT2D eigenvalue weighted by Gasteiger charge is 2.22. The smallest absolute Gasteiger partial charge is 0.190 e. The third-order valence-electron chi connectivity index (χ3n) is 5.26. The average Bonchev–Trinajstić information content (AvgIpc) is 3.18. The van der Waals surface area contributed by atoms with Crippen molar-refractivity contribution in [1.29, 1.82) is 0 Å². The number of likely N-dealkylation sites (tertiary alicyclic amines) is 1. The monoisotopic (exact) mass is 364 g/mol. The van der Waals surface area contributed by atoms with E-state index in [1.165, 1.54) is 30.6 Å². The number of benzene rings is 2. The van der Waals surface area contributed by atoms with Gasteiger partial charge in [0.1, 0.15) is 0 Å². The number of guanidine groups is 1. The zero-order chi connectivity index (χ0) is 18.7. The van der Waals surface area contributed by atoms with E-state index in [0.717, 1.165) is 38.4 Å². The lowest BCUT2D eigenvalue weighted by Gasteiger charge is -2.17. The molecule has 2 N–H and O–H groups in total. The predicted octanol–water partition coefficient (Wildman–Crippen LogP) is 2.96. The van der Waals surface area contributed by atoms with Crippen LogP contribution < -0.4 is 10.6 Å². The third-order valence-corrected chi connectivity index (χ3v) is 5.26. The average molecular weight is 365 g/mol. The van der Waals surface area contributed by atoms with Gasteiger partial charge in [0.05, 0.1) is 0 Å². The Bertz CT molecular complexity index is 684. The number of hydrogen-bond acceptors (Lipinski definition) is 2. The van der Waals surface area contributed by atoms with Gasteiger partial charge in [-0.15, -0.1) is 0 Å². The maximum Gasteiger partial charge on any atom is 0.190 e. The second-order valence-corrected chi connectivity index (χ2v) is 7.31. The van der Waals surface area contributed by atoms with Gasteiger partial charge in [-0.25, -0.2) is 0 Å². The van der Waals surface area contributed by atoms with Gasteiger partial charge < -0.3 is 15.5 Å².